The van der Waals surface area contributed by atoms with Gasteiger partial charge >= 0.3 is 0 Å². The van der Waals surface area contributed by atoms with Crippen LogP contribution >= 0.6 is 0 Å². The third-order valence-electron chi connectivity index (χ3n) is 6.58. The molecule has 0 spiro atoms. The van der Waals surface area contributed by atoms with Crippen molar-refractivity contribution in [3.8, 4) is 0 Å². The first kappa shape index (κ1) is 17.8. The summed E-state index contributed by atoms with van der Waals surface area (Å²) in [5.41, 5.74) is 3.11. The van der Waals surface area contributed by atoms with Crippen molar-refractivity contribution in [2.45, 2.75) is 39.5 Å². The number of hydrogen-bond donors (Lipinski definition) is 0. The van der Waals surface area contributed by atoms with E-state index in [1.165, 1.54) is 17.6 Å². The molecule has 1 aromatic carbocycles. The third-order valence-corrected chi connectivity index (χ3v) is 6.58. The fourth-order valence-electron chi connectivity index (χ4n) is 4.89. The molecule has 140 valence electrons. The maximum absolute atomic E-state index is 12.7. The number of allylic oxidation sites excluding steroid dienone is 1. The molecule has 3 fully saturated rings. The van der Waals surface area contributed by atoms with Crippen LogP contribution < -0.4 is 0 Å². The topological polar surface area (TPSA) is 23.6 Å². The standard InChI is InChI=1S/C23H32N2O/c1-18(2)11-13-24-14-21-15-25(22(26)20-8-9-20)17-23(21,16-24)12-10-19-6-4-3-5-7-19/h3-7,11,20-21H,8-10,12-17H2,1-2H3. The quantitative estimate of drug-likeness (QED) is 0.728. The second-order valence-electron chi connectivity index (χ2n) is 9.01. The number of nitrogens with zero attached hydrogens (tertiary/aromatic N) is 2. The molecule has 2 aliphatic heterocycles. The van der Waals surface area contributed by atoms with Crippen molar-refractivity contribution in [3.63, 3.8) is 0 Å². The van der Waals surface area contributed by atoms with Gasteiger partial charge in [-0.3, -0.25) is 9.69 Å². The molecule has 2 saturated heterocycles. The summed E-state index contributed by atoms with van der Waals surface area (Å²) in [4.78, 5) is 17.5. The highest BCUT2D eigenvalue weighted by Crippen LogP contribution is 2.47. The molecule has 1 aromatic rings. The summed E-state index contributed by atoms with van der Waals surface area (Å²) in [6.07, 6.45) is 6.90. The van der Waals surface area contributed by atoms with E-state index < -0.39 is 0 Å². The number of rotatable bonds is 6. The van der Waals surface area contributed by atoms with Crippen LogP contribution in [0.4, 0.5) is 0 Å². The summed E-state index contributed by atoms with van der Waals surface area (Å²) in [5.74, 6) is 1.43. The van der Waals surface area contributed by atoms with Crippen LogP contribution in [0.5, 0.6) is 0 Å². The lowest BCUT2D eigenvalue weighted by Crippen LogP contribution is -2.37. The van der Waals surface area contributed by atoms with Crippen molar-refractivity contribution in [1.82, 2.24) is 9.80 Å². The van der Waals surface area contributed by atoms with Crippen LogP contribution in [0.15, 0.2) is 42.0 Å². The van der Waals surface area contributed by atoms with E-state index in [0.29, 0.717) is 17.7 Å². The van der Waals surface area contributed by atoms with Crippen molar-refractivity contribution < 1.29 is 4.79 Å². The molecule has 3 heteroatoms. The van der Waals surface area contributed by atoms with Gasteiger partial charge in [0.2, 0.25) is 5.91 Å². The Labute approximate surface area is 158 Å². The van der Waals surface area contributed by atoms with Gasteiger partial charge in [-0.1, -0.05) is 42.0 Å². The molecule has 1 saturated carbocycles. The van der Waals surface area contributed by atoms with E-state index in [9.17, 15) is 4.79 Å². The fraction of sp³-hybridized carbons (Fsp3) is 0.609. The van der Waals surface area contributed by atoms with Gasteiger partial charge in [0, 0.05) is 44.1 Å². The van der Waals surface area contributed by atoms with Crippen molar-refractivity contribution in [2.75, 3.05) is 32.7 Å². The predicted molar refractivity (Wildman–Crippen MR) is 106 cm³/mol. The summed E-state index contributed by atoms with van der Waals surface area (Å²) in [6, 6.07) is 10.8. The Balaban J connectivity index is 1.47. The van der Waals surface area contributed by atoms with Gasteiger partial charge in [0.15, 0.2) is 0 Å². The molecule has 26 heavy (non-hydrogen) atoms. The monoisotopic (exact) mass is 352 g/mol. The zero-order chi connectivity index (χ0) is 18.1. The lowest BCUT2D eigenvalue weighted by molar-refractivity contribution is -0.132. The Kier molecular flexibility index (Phi) is 4.92. The second kappa shape index (κ2) is 7.19. The summed E-state index contributed by atoms with van der Waals surface area (Å²) < 4.78 is 0. The van der Waals surface area contributed by atoms with Gasteiger partial charge in [-0.2, -0.15) is 0 Å². The Morgan fingerprint density at radius 2 is 1.92 bits per heavy atom. The average molecular weight is 353 g/mol. The van der Waals surface area contributed by atoms with Gasteiger partial charge in [-0.05, 0) is 51.0 Å². The molecule has 0 N–H and O–H groups in total. The van der Waals surface area contributed by atoms with E-state index in [1.807, 2.05) is 0 Å². The highest BCUT2D eigenvalue weighted by Gasteiger charge is 2.53. The van der Waals surface area contributed by atoms with Gasteiger partial charge in [-0.25, -0.2) is 0 Å². The molecule has 2 unspecified atom stereocenters. The molecular weight excluding hydrogens is 320 g/mol. The predicted octanol–water partition coefficient (Wildman–Crippen LogP) is 3.76. The highest BCUT2D eigenvalue weighted by molar-refractivity contribution is 5.81. The average Bonchev–Trinajstić information content (AvgIpc) is 3.34. The molecule has 1 amide bonds. The smallest absolute Gasteiger partial charge is 0.225 e. The van der Waals surface area contributed by atoms with Crippen LogP contribution in [0.25, 0.3) is 0 Å². The van der Waals surface area contributed by atoms with Gasteiger partial charge in [0.1, 0.15) is 0 Å². The molecule has 2 atom stereocenters. The Bertz CT molecular complexity index is 675. The normalized spacial score (nSPS) is 28.2. The first-order valence-electron chi connectivity index (χ1n) is 10.2. The SMILES string of the molecule is CC(C)=CCN1CC2CN(C(=O)C3CC3)CC2(CCc2ccccc2)C1. The zero-order valence-corrected chi connectivity index (χ0v) is 16.3. The lowest BCUT2D eigenvalue weighted by atomic mass is 9.76. The van der Waals surface area contributed by atoms with Gasteiger partial charge in [0.05, 0.1) is 0 Å². The van der Waals surface area contributed by atoms with Gasteiger partial charge < -0.3 is 4.90 Å². The van der Waals surface area contributed by atoms with Crippen LogP contribution in [-0.2, 0) is 11.2 Å². The number of benzene rings is 1. The minimum absolute atomic E-state index is 0.288. The number of fused-ring (bicyclic) bond motifs is 1. The molecule has 3 aliphatic rings. The first-order chi connectivity index (χ1) is 12.6. The van der Waals surface area contributed by atoms with Gasteiger partial charge in [0.25, 0.3) is 0 Å². The van der Waals surface area contributed by atoms with Crippen LogP contribution in [-0.4, -0.2) is 48.4 Å². The molecule has 0 radical (unpaired) electrons. The Morgan fingerprint density at radius 3 is 2.62 bits per heavy atom. The van der Waals surface area contributed by atoms with Gasteiger partial charge in [-0.15, -0.1) is 0 Å². The largest absolute Gasteiger partial charge is 0.341 e. The maximum Gasteiger partial charge on any atom is 0.225 e. The number of amides is 1. The molecule has 0 aromatic heterocycles. The second-order valence-corrected chi connectivity index (χ2v) is 9.01. The van der Waals surface area contributed by atoms with E-state index in [2.05, 4.69) is 60.1 Å². The van der Waals surface area contributed by atoms with Crippen molar-refractivity contribution in [3.05, 3.63) is 47.5 Å². The number of carbonyl (C=O) groups excluding carboxylic acids is 1. The molecule has 2 heterocycles. The van der Waals surface area contributed by atoms with E-state index in [0.717, 1.165) is 52.0 Å². The Morgan fingerprint density at radius 1 is 1.15 bits per heavy atom. The number of likely N-dealkylation sites (tertiary alicyclic amines) is 2. The summed E-state index contributed by atoms with van der Waals surface area (Å²) in [5, 5.41) is 0. The molecule has 0 bridgehead atoms. The maximum atomic E-state index is 12.7. The minimum Gasteiger partial charge on any atom is -0.341 e. The molecule has 3 nitrogen and oxygen atoms in total. The minimum atomic E-state index is 0.288. The van der Waals surface area contributed by atoms with Crippen LogP contribution in [0.2, 0.25) is 0 Å². The van der Waals surface area contributed by atoms with E-state index in [4.69, 9.17) is 0 Å². The van der Waals surface area contributed by atoms with Crippen LogP contribution in [0.3, 0.4) is 0 Å². The zero-order valence-electron chi connectivity index (χ0n) is 16.3. The number of carbonyl (C=O) groups is 1. The molecule has 4 rings (SSSR count). The van der Waals surface area contributed by atoms with Crippen molar-refractivity contribution >= 4 is 5.91 Å². The third kappa shape index (κ3) is 3.73. The number of aryl methyl sites for hydroxylation is 1. The summed E-state index contributed by atoms with van der Waals surface area (Å²) in [6.45, 7) is 9.66. The fourth-order valence-corrected chi connectivity index (χ4v) is 4.89. The highest BCUT2D eigenvalue weighted by atomic mass is 16.2. The molecule has 1 aliphatic carbocycles. The van der Waals surface area contributed by atoms with E-state index in [-0.39, 0.29) is 5.41 Å². The number of hydrogen-bond acceptors (Lipinski definition) is 2. The summed E-state index contributed by atoms with van der Waals surface area (Å²) >= 11 is 0. The molecular formula is C23H32N2O. The summed E-state index contributed by atoms with van der Waals surface area (Å²) in [7, 11) is 0. The van der Waals surface area contributed by atoms with E-state index in [1.54, 1.807) is 0 Å². The lowest BCUT2D eigenvalue weighted by Gasteiger charge is -2.29. The first-order valence-corrected chi connectivity index (χ1v) is 10.2. The van der Waals surface area contributed by atoms with E-state index >= 15 is 0 Å². The Hall–Kier alpha value is -1.61. The van der Waals surface area contributed by atoms with Crippen molar-refractivity contribution in [2.24, 2.45) is 17.3 Å². The van der Waals surface area contributed by atoms with Crippen molar-refractivity contribution in [1.29, 1.82) is 0 Å². The van der Waals surface area contributed by atoms with Crippen LogP contribution in [0.1, 0.15) is 38.7 Å². The van der Waals surface area contributed by atoms with Crippen LogP contribution in [0, 0.1) is 17.3 Å².